The predicted octanol–water partition coefficient (Wildman–Crippen LogP) is 11.1. The summed E-state index contributed by atoms with van der Waals surface area (Å²) in [6.45, 7) is 11.1. The molecule has 0 spiro atoms. The van der Waals surface area contributed by atoms with Crippen molar-refractivity contribution in [2.75, 3.05) is 124 Å². The molecule has 3 N–H and O–H groups in total. The smallest absolute Gasteiger partial charge is 0.227 e. The van der Waals surface area contributed by atoms with Crippen molar-refractivity contribution >= 4 is 51.7 Å². The molecule has 21 heteroatoms. The first-order valence-corrected chi connectivity index (χ1v) is 26.5. The third-order valence-corrected chi connectivity index (χ3v) is 14.4. The quantitative estimate of drug-likeness (QED) is 0.0685. The Hall–Kier alpha value is -6.77. The molecule has 4 aliphatic rings. The summed E-state index contributed by atoms with van der Waals surface area (Å²) in [6.07, 6.45) is 7.91. The fraction of sp³-hybridized carbons (Fsp3) is 0.429. The molecule has 0 saturated carbocycles. The normalized spacial score (nSPS) is 15.7. The topological polar surface area (TPSA) is 128 Å². The summed E-state index contributed by atoms with van der Waals surface area (Å²) < 4.78 is 97.7. The Morgan fingerprint density at radius 2 is 1.04 bits per heavy atom. The van der Waals surface area contributed by atoms with E-state index in [1.54, 1.807) is 36.4 Å². The minimum absolute atomic E-state index is 0.0243. The molecule has 77 heavy (non-hydrogen) atoms. The highest BCUT2D eigenvalue weighted by Crippen LogP contribution is 2.41. The third kappa shape index (κ3) is 13.7. The second kappa shape index (κ2) is 25.6. The van der Waals surface area contributed by atoms with Crippen molar-refractivity contribution in [1.29, 1.82) is 0 Å². The van der Waals surface area contributed by atoms with E-state index in [9.17, 15) is 22.0 Å². The van der Waals surface area contributed by atoms with Gasteiger partial charge in [0.1, 0.15) is 36.2 Å². The summed E-state index contributed by atoms with van der Waals surface area (Å²) in [5, 5.41) is 2.87. The Labute approximate surface area is 451 Å². The van der Waals surface area contributed by atoms with Crippen molar-refractivity contribution in [1.82, 2.24) is 29.7 Å². The van der Waals surface area contributed by atoms with Crippen molar-refractivity contribution in [3.05, 3.63) is 113 Å². The van der Waals surface area contributed by atoms with E-state index in [1.807, 2.05) is 23.6 Å². The molecule has 0 amide bonds. The molecular formula is C56H67ClF6N12O2. The first-order chi connectivity index (χ1) is 37.0. The fourth-order valence-corrected chi connectivity index (χ4v) is 10.3. The lowest BCUT2D eigenvalue weighted by atomic mass is 10.0. The minimum atomic E-state index is -0.684. The van der Waals surface area contributed by atoms with Crippen LogP contribution in [0.25, 0.3) is 22.5 Å². The van der Waals surface area contributed by atoms with E-state index in [1.165, 1.54) is 24.3 Å². The zero-order valence-electron chi connectivity index (χ0n) is 44.4. The van der Waals surface area contributed by atoms with Gasteiger partial charge >= 0.3 is 0 Å². The fourth-order valence-electron chi connectivity index (χ4n) is 10.1. The van der Waals surface area contributed by atoms with E-state index in [0.717, 1.165) is 90.2 Å². The summed E-state index contributed by atoms with van der Waals surface area (Å²) >= 11 is 5.71. The van der Waals surface area contributed by atoms with Crippen molar-refractivity contribution in [2.45, 2.75) is 64.5 Å². The number of anilines is 7. The zero-order valence-corrected chi connectivity index (χ0v) is 45.2. The first kappa shape index (κ1) is 56.4. The maximum absolute atomic E-state index is 15.1. The molecule has 4 aromatic carbocycles. The van der Waals surface area contributed by atoms with Gasteiger partial charge in [0, 0.05) is 73.9 Å². The van der Waals surface area contributed by atoms with Gasteiger partial charge in [0.15, 0.2) is 34.8 Å². The molecule has 6 aromatic rings. The zero-order chi connectivity index (χ0) is 54.9. The predicted molar refractivity (Wildman–Crippen MR) is 294 cm³/mol. The van der Waals surface area contributed by atoms with E-state index in [2.05, 4.69) is 73.0 Å². The number of hydrogen-bond acceptors (Lipinski definition) is 14. The van der Waals surface area contributed by atoms with Gasteiger partial charge in [0.2, 0.25) is 11.2 Å². The van der Waals surface area contributed by atoms with E-state index in [0.29, 0.717) is 78.1 Å². The number of nitrogens with zero attached hydrogens (tertiary/aromatic N) is 10. The summed E-state index contributed by atoms with van der Waals surface area (Å²) in [7, 11) is 8.35. The van der Waals surface area contributed by atoms with Crippen molar-refractivity contribution in [2.24, 2.45) is 0 Å². The van der Waals surface area contributed by atoms with Crippen LogP contribution in [0.1, 0.15) is 52.4 Å². The maximum atomic E-state index is 15.1. The Morgan fingerprint density at radius 3 is 1.51 bits per heavy atom. The SMILES string of the molecule is CCCN1CCOc2c(F)cc(-c3nc(Cl)ncc3F)cc21.CCCN1CCOc2c(F)cc(-c3nc(Nc4ccc(N5CCC(N(C)C)CC5)c(F)c4)ncc3F)cc21.CN(C)C1CCN(c2ccc(N)cc2F)CC1. The van der Waals surface area contributed by atoms with Crippen LogP contribution in [0.3, 0.4) is 0 Å². The Morgan fingerprint density at radius 1 is 0.571 bits per heavy atom. The number of hydrogen-bond donors (Lipinski definition) is 2. The molecule has 4 aliphatic heterocycles. The molecule has 412 valence electrons. The van der Waals surface area contributed by atoms with Crippen LogP contribution >= 0.6 is 11.6 Å². The number of nitrogens with one attached hydrogen (secondary N) is 1. The molecule has 14 nitrogen and oxygen atoms in total. The van der Waals surface area contributed by atoms with E-state index in [4.69, 9.17) is 26.8 Å². The molecule has 0 unspecified atom stereocenters. The summed E-state index contributed by atoms with van der Waals surface area (Å²) in [6, 6.07) is 16.7. The number of nitrogens with two attached hydrogens (primary N) is 1. The molecule has 0 bridgehead atoms. The Bertz CT molecular complexity index is 2980. The standard InChI is InChI=1S/C28H33F3N6O.C15H14ClF2N3O.C13H20FN3/c1-4-9-36-12-13-38-27-22(30)14-18(15-25(27)36)26-23(31)17-32-28(34-26)33-19-5-6-24(21(29)16-19)37-10-7-20(8-11-37)35(2)3;1-2-3-21-4-5-22-14-10(17)6-9(7-12(14)21)13-11(18)8-19-15(16)20-13;1-16(2)11-5-7-17(8-6-11)13-4-3-10(15)9-12(13)14/h5-6,14-17,20H,4,7-13H2,1-3H3,(H,32,33,34);6-8H,2-5H2,1H3;3-4,9,11H,5-8,15H2,1-2H3. The third-order valence-electron chi connectivity index (χ3n) is 14.2. The molecule has 2 fully saturated rings. The molecule has 6 heterocycles. The number of rotatable bonds is 12. The molecule has 2 aromatic heterocycles. The first-order valence-electron chi connectivity index (χ1n) is 26.1. The lowest BCUT2D eigenvalue weighted by Crippen LogP contribution is -2.42. The van der Waals surface area contributed by atoms with Crippen LogP contribution < -0.4 is 40.1 Å². The van der Waals surface area contributed by atoms with Crippen molar-refractivity contribution in [3.8, 4) is 34.0 Å². The molecule has 0 aliphatic carbocycles. The van der Waals surface area contributed by atoms with Crippen LogP contribution in [-0.2, 0) is 0 Å². The maximum Gasteiger partial charge on any atom is 0.227 e. The van der Waals surface area contributed by atoms with E-state index in [-0.39, 0.29) is 51.3 Å². The Balaban J connectivity index is 0.000000169. The summed E-state index contributed by atoms with van der Waals surface area (Å²) in [4.78, 5) is 28.4. The van der Waals surface area contributed by atoms with E-state index >= 15 is 4.39 Å². The van der Waals surface area contributed by atoms with Crippen LogP contribution in [0.4, 0.5) is 66.4 Å². The van der Waals surface area contributed by atoms with Crippen molar-refractivity contribution in [3.63, 3.8) is 0 Å². The van der Waals surface area contributed by atoms with Gasteiger partial charge in [0.05, 0.1) is 48.2 Å². The highest BCUT2D eigenvalue weighted by molar-refractivity contribution is 6.28. The van der Waals surface area contributed by atoms with Crippen LogP contribution in [0.5, 0.6) is 11.5 Å². The van der Waals surface area contributed by atoms with Crippen molar-refractivity contribution < 1.29 is 35.8 Å². The van der Waals surface area contributed by atoms with Gasteiger partial charge in [-0.25, -0.2) is 46.3 Å². The second-order valence-corrected chi connectivity index (χ2v) is 20.2. The number of piperidine rings is 2. The highest BCUT2D eigenvalue weighted by atomic mass is 35.5. The second-order valence-electron chi connectivity index (χ2n) is 19.9. The lowest BCUT2D eigenvalue weighted by Gasteiger charge is -2.36. The van der Waals surface area contributed by atoms with E-state index < -0.39 is 23.3 Å². The van der Waals surface area contributed by atoms with Gasteiger partial charge in [-0.1, -0.05) is 13.8 Å². The summed E-state index contributed by atoms with van der Waals surface area (Å²) in [5.41, 5.74) is 9.40. The molecule has 10 rings (SSSR count). The summed E-state index contributed by atoms with van der Waals surface area (Å²) in [5.74, 6) is -2.56. The average Bonchev–Trinajstić information content (AvgIpc) is 3.42. The van der Waals surface area contributed by atoms with Gasteiger partial charge in [-0.15, -0.1) is 0 Å². The van der Waals surface area contributed by atoms with Crippen LogP contribution in [0.15, 0.2) is 73.1 Å². The van der Waals surface area contributed by atoms with Gasteiger partial charge in [0.25, 0.3) is 0 Å². The average molecular weight is 1090 g/mol. The van der Waals surface area contributed by atoms with Crippen LogP contribution in [-0.4, -0.2) is 136 Å². The molecular weight excluding hydrogens is 1020 g/mol. The Kier molecular flexibility index (Phi) is 18.8. The largest absolute Gasteiger partial charge is 0.486 e. The molecule has 0 atom stereocenters. The monoisotopic (exact) mass is 1090 g/mol. The number of aromatic nitrogens is 4. The van der Waals surface area contributed by atoms with Crippen LogP contribution in [0, 0.1) is 34.9 Å². The van der Waals surface area contributed by atoms with Gasteiger partial charge < -0.3 is 49.9 Å². The van der Waals surface area contributed by atoms with Gasteiger partial charge in [-0.3, -0.25) is 0 Å². The van der Waals surface area contributed by atoms with Gasteiger partial charge in [-0.05, 0) is 139 Å². The molecule has 0 radical (unpaired) electrons. The van der Waals surface area contributed by atoms with Crippen LogP contribution in [0.2, 0.25) is 5.28 Å². The molecule has 2 saturated heterocycles. The number of ether oxygens (including phenoxy) is 2. The number of halogens is 7. The lowest BCUT2D eigenvalue weighted by molar-refractivity contribution is 0.249. The van der Waals surface area contributed by atoms with Gasteiger partial charge in [-0.2, -0.15) is 0 Å². The number of benzene rings is 4. The minimum Gasteiger partial charge on any atom is -0.486 e. The highest BCUT2D eigenvalue weighted by Gasteiger charge is 2.28. The number of fused-ring (bicyclic) bond motifs is 2. The number of nitrogen functional groups attached to an aromatic ring is 1.